The maximum atomic E-state index is 11.7. The van der Waals surface area contributed by atoms with Gasteiger partial charge in [0, 0.05) is 0 Å². The van der Waals surface area contributed by atoms with E-state index in [0.29, 0.717) is 0 Å². The van der Waals surface area contributed by atoms with Crippen molar-refractivity contribution in [2.75, 3.05) is 6.67 Å². The second-order valence-corrected chi connectivity index (χ2v) is 2.27. The molecule has 62 valence electrons. The molecule has 0 aromatic carbocycles. The Hall–Kier alpha value is -0.280. The highest BCUT2D eigenvalue weighted by molar-refractivity contribution is 4.61. The fourth-order valence-corrected chi connectivity index (χ4v) is 0.547. The Balaban J connectivity index is 3.52. The second-order valence-electron chi connectivity index (χ2n) is 2.27. The van der Waals surface area contributed by atoms with Crippen LogP contribution in [0.25, 0.3) is 0 Å². The molecule has 0 saturated carbocycles. The van der Waals surface area contributed by atoms with Crippen molar-refractivity contribution >= 4 is 0 Å². The molecule has 0 aliphatic rings. The fraction of sp³-hybridized carbons (Fsp3) is 1.00. The SMILES string of the molecule is CC(CCCF)C(F)(F)F. The Morgan fingerprint density at radius 1 is 1.30 bits per heavy atom. The maximum absolute atomic E-state index is 11.7. The molecular formula is C6H10F4. The molecule has 0 amide bonds. The van der Waals surface area contributed by atoms with Crippen LogP contribution < -0.4 is 0 Å². The van der Waals surface area contributed by atoms with Gasteiger partial charge in [0.15, 0.2) is 0 Å². The van der Waals surface area contributed by atoms with E-state index < -0.39 is 18.8 Å². The Morgan fingerprint density at radius 3 is 2.10 bits per heavy atom. The van der Waals surface area contributed by atoms with Crippen LogP contribution in [0.4, 0.5) is 17.6 Å². The zero-order valence-electron chi connectivity index (χ0n) is 5.71. The third-order valence-electron chi connectivity index (χ3n) is 1.33. The first-order valence-corrected chi connectivity index (χ1v) is 3.11. The van der Waals surface area contributed by atoms with E-state index in [2.05, 4.69) is 0 Å². The number of alkyl halides is 4. The van der Waals surface area contributed by atoms with Crippen molar-refractivity contribution in [3.05, 3.63) is 0 Å². The highest BCUT2D eigenvalue weighted by Gasteiger charge is 2.34. The third-order valence-corrected chi connectivity index (χ3v) is 1.33. The quantitative estimate of drug-likeness (QED) is 0.554. The molecule has 0 aromatic rings. The van der Waals surface area contributed by atoms with Crippen LogP contribution in [0.3, 0.4) is 0 Å². The number of hydrogen-bond acceptors (Lipinski definition) is 0. The zero-order chi connectivity index (χ0) is 8.20. The minimum absolute atomic E-state index is 0.000671. The molecule has 0 bridgehead atoms. The lowest BCUT2D eigenvalue weighted by Crippen LogP contribution is -2.19. The minimum atomic E-state index is -4.16. The van der Waals surface area contributed by atoms with Crippen molar-refractivity contribution in [1.29, 1.82) is 0 Å². The topological polar surface area (TPSA) is 0 Å². The van der Waals surface area contributed by atoms with Crippen LogP contribution in [0.1, 0.15) is 19.8 Å². The van der Waals surface area contributed by atoms with Crippen LogP contribution in [-0.2, 0) is 0 Å². The smallest absolute Gasteiger partial charge is 0.251 e. The van der Waals surface area contributed by atoms with E-state index in [4.69, 9.17) is 0 Å². The van der Waals surface area contributed by atoms with E-state index in [1.165, 1.54) is 0 Å². The predicted molar refractivity (Wildman–Crippen MR) is 30.4 cm³/mol. The lowest BCUT2D eigenvalue weighted by molar-refractivity contribution is -0.171. The van der Waals surface area contributed by atoms with Gasteiger partial charge in [0.25, 0.3) is 0 Å². The van der Waals surface area contributed by atoms with E-state index in [-0.39, 0.29) is 12.8 Å². The molecule has 0 spiro atoms. The monoisotopic (exact) mass is 158 g/mol. The van der Waals surface area contributed by atoms with Crippen molar-refractivity contribution in [2.24, 2.45) is 5.92 Å². The first-order valence-electron chi connectivity index (χ1n) is 3.11. The fourth-order valence-electron chi connectivity index (χ4n) is 0.547. The summed E-state index contributed by atoms with van der Waals surface area (Å²) in [6, 6.07) is 0. The molecule has 0 N–H and O–H groups in total. The summed E-state index contributed by atoms with van der Waals surface area (Å²) in [5, 5.41) is 0. The van der Waals surface area contributed by atoms with Gasteiger partial charge in [-0.15, -0.1) is 0 Å². The molecule has 0 aromatic heterocycles. The average molecular weight is 158 g/mol. The molecule has 1 unspecified atom stereocenters. The van der Waals surface area contributed by atoms with Crippen molar-refractivity contribution < 1.29 is 17.6 Å². The lowest BCUT2D eigenvalue weighted by Gasteiger charge is -2.13. The summed E-state index contributed by atoms with van der Waals surface area (Å²) in [7, 11) is 0. The maximum Gasteiger partial charge on any atom is 0.391 e. The molecular weight excluding hydrogens is 148 g/mol. The molecule has 0 heterocycles. The number of halogens is 4. The summed E-state index contributed by atoms with van der Waals surface area (Å²) in [6.45, 7) is 0.399. The van der Waals surface area contributed by atoms with Gasteiger partial charge in [-0.05, 0) is 12.8 Å². The molecule has 10 heavy (non-hydrogen) atoms. The van der Waals surface area contributed by atoms with E-state index >= 15 is 0 Å². The van der Waals surface area contributed by atoms with Gasteiger partial charge < -0.3 is 0 Å². The van der Waals surface area contributed by atoms with Gasteiger partial charge >= 0.3 is 6.18 Å². The van der Waals surface area contributed by atoms with Gasteiger partial charge in [0.1, 0.15) is 0 Å². The Bertz CT molecular complexity index is 86.2. The van der Waals surface area contributed by atoms with Gasteiger partial charge in [-0.2, -0.15) is 13.2 Å². The highest BCUT2D eigenvalue weighted by atomic mass is 19.4. The molecule has 0 aliphatic heterocycles. The van der Waals surface area contributed by atoms with E-state index in [1.807, 2.05) is 0 Å². The summed E-state index contributed by atoms with van der Waals surface area (Å²) in [5.41, 5.74) is 0. The zero-order valence-corrected chi connectivity index (χ0v) is 5.71. The Labute approximate surface area is 57.2 Å². The van der Waals surface area contributed by atoms with Crippen molar-refractivity contribution in [1.82, 2.24) is 0 Å². The van der Waals surface area contributed by atoms with Crippen LogP contribution >= 0.6 is 0 Å². The minimum Gasteiger partial charge on any atom is -0.251 e. The molecule has 0 fully saturated rings. The molecule has 0 rings (SSSR count). The third kappa shape index (κ3) is 3.69. The summed E-state index contributed by atoms with van der Waals surface area (Å²) in [6.07, 6.45) is -4.27. The van der Waals surface area contributed by atoms with Gasteiger partial charge in [-0.1, -0.05) is 6.92 Å². The van der Waals surface area contributed by atoms with Gasteiger partial charge in [0.2, 0.25) is 0 Å². The molecule has 0 radical (unpaired) electrons. The Kier molecular flexibility index (Phi) is 3.68. The van der Waals surface area contributed by atoms with Crippen LogP contribution in [0.15, 0.2) is 0 Å². The first kappa shape index (κ1) is 9.72. The van der Waals surface area contributed by atoms with E-state index in [1.54, 1.807) is 0 Å². The van der Waals surface area contributed by atoms with E-state index in [9.17, 15) is 17.6 Å². The predicted octanol–water partition coefficient (Wildman–Crippen LogP) is 2.93. The Morgan fingerprint density at radius 2 is 1.80 bits per heavy atom. The largest absolute Gasteiger partial charge is 0.391 e. The van der Waals surface area contributed by atoms with E-state index in [0.717, 1.165) is 6.92 Å². The standard InChI is InChI=1S/C6H10F4/c1-5(3-2-4-7)6(8,9)10/h5H,2-4H2,1H3. The van der Waals surface area contributed by atoms with Crippen molar-refractivity contribution in [2.45, 2.75) is 25.9 Å². The highest BCUT2D eigenvalue weighted by Crippen LogP contribution is 2.28. The van der Waals surface area contributed by atoms with Crippen molar-refractivity contribution in [3.8, 4) is 0 Å². The molecule has 4 heteroatoms. The number of rotatable bonds is 3. The van der Waals surface area contributed by atoms with Crippen LogP contribution in [0.2, 0.25) is 0 Å². The van der Waals surface area contributed by atoms with Gasteiger partial charge in [-0.25, -0.2) is 0 Å². The van der Waals surface area contributed by atoms with Crippen LogP contribution in [0.5, 0.6) is 0 Å². The normalized spacial score (nSPS) is 15.3. The summed E-state index contributed by atoms with van der Waals surface area (Å²) >= 11 is 0. The van der Waals surface area contributed by atoms with Gasteiger partial charge in [0.05, 0.1) is 12.6 Å². The van der Waals surface area contributed by atoms with Crippen molar-refractivity contribution in [3.63, 3.8) is 0 Å². The van der Waals surface area contributed by atoms with Gasteiger partial charge in [-0.3, -0.25) is 4.39 Å². The number of hydrogen-bond donors (Lipinski definition) is 0. The summed E-state index contributed by atoms with van der Waals surface area (Å²) < 4.78 is 46.3. The molecule has 0 nitrogen and oxygen atoms in total. The average Bonchev–Trinajstić information content (AvgIpc) is 1.80. The summed E-state index contributed by atoms with van der Waals surface area (Å²) in [4.78, 5) is 0. The first-order chi connectivity index (χ1) is 4.48. The second kappa shape index (κ2) is 3.78. The van der Waals surface area contributed by atoms with Crippen LogP contribution in [0, 0.1) is 5.92 Å². The molecule has 1 atom stereocenters. The molecule has 0 aliphatic carbocycles. The molecule has 0 saturated heterocycles. The summed E-state index contributed by atoms with van der Waals surface area (Å²) in [5.74, 6) is -1.37. The lowest BCUT2D eigenvalue weighted by atomic mass is 10.1. The van der Waals surface area contributed by atoms with Crippen LogP contribution in [-0.4, -0.2) is 12.9 Å².